The lowest BCUT2D eigenvalue weighted by Gasteiger charge is -2.35. The molecule has 8 heteroatoms. The number of primary amides is 1. The molecule has 0 bridgehead atoms. The number of fused-ring (bicyclic) bond motifs is 3. The molecule has 2 aromatic rings. The maximum Gasteiger partial charge on any atom is 0.408 e. The highest BCUT2D eigenvalue weighted by atomic mass is 31.2. The molecule has 0 spiro atoms. The summed E-state index contributed by atoms with van der Waals surface area (Å²) in [6.45, 7) is 4.27. The maximum atomic E-state index is 13.1. The van der Waals surface area contributed by atoms with Crippen molar-refractivity contribution < 1.29 is 18.4 Å². The molecule has 0 saturated heterocycles. The van der Waals surface area contributed by atoms with Crippen LogP contribution < -0.4 is 5.73 Å². The average molecular weight is 379 g/mol. The van der Waals surface area contributed by atoms with Crippen LogP contribution in [0.25, 0.3) is 10.9 Å². The van der Waals surface area contributed by atoms with Crippen molar-refractivity contribution in [2.45, 2.75) is 39.2 Å². The Morgan fingerprint density at radius 3 is 2.65 bits per heavy atom. The summed E-state index contributed by atoms with van der Waals surface area (Å²) in [4.78, 5) is 14.9. The summed E-state index contributed by atoms with van der Waals surface area (Å²) in [6, 6.07) is 5.48. The third-order valence-corrected chi connectivity index (χ3v) is 7.21. The fraction of sp³-hybridized carbons (Fsp3) is 0.500. The number of nitrogens with zero attached hydrogens (tertiary/aromatic N) is 1. The molecule has 142 valence electrons. The van der Waals surface area contributed by atoms with Gasteiger partial charge in [-0.3, -0.25) is 13.8 Å². The van der Waals surface area contributed by atoms with Gasteiger partial charge in [-0.05, 0) is 63.9 Å². The molecule has 0 aliphatic heterocycles. The van der Waals surface area contributed by atoms with Gasteiger partial charge in [0.15, 0.2) is 0 Å². The number of nitrogens with one attached hydrogen (secondary N) is 1. The number of amides is 1. The van der Waals surface area contributed by atoms with E-state index >= 15 is 0 Å². The van der Waals surface area contributed by atoms with E-state index in [1.54, 1.807) is 17.8 Å². The Balaban J connectivity index is 1.92. The third-order valence-electron chi connectivity index (χ3n) is 4.95. The second-order valence-corrected chi connectivity index (χ2v) is 8.57. The lowest BCUT2D eigenvalue weighted by Crippen LogP contribution is -2.35. The van der Waals surface area contributed by atoms with Gasteiger partial charge in [-0.1, -0.05) is 0 Å². The highest BCUT2D eigenvalue weighted by molar-refractivity contribution is 7.51. The van der Waals surface area contributed by atoms with Crippen LogP contribution in [0.5, 0.6) is 0 Å². The van der Waals surface area contributed by atoms with E-state index in [2.05, 4.69) is 4.98 Å². The van der Waals surface area contributed by atoms with Crippen LogP contribution in [0.1, 0.15) is 41.9 Å². The van der Waals surface area contributed by atoms with Crippen LogP contribution in [0.2, 0.25) is 0 Å². The number of hydrogen-bond donors (Lipinski definition) is 2. The molecule has 26 heavy (non-hydrogen) atoms. The number of aryl methyl sites for hydroxylation is 1. The smallest absolute Gasteiger partial charge is 0.366 e. The zero-order valence-electron chi connectivity index (χ0n) is 15.4. The molecule has 1 atom stereocenters. The zero-order valence-corrected chi connectivity index (χ0v) is 16.3. The van der Waals surface area contributed by atoms with Crippen LogP contribution in [0.4, 0.5) is 0 Å². The van der Waals surface area contributed by atoms with Gasteiger partial charge in [-0.2, -0.15) is 0 Å². The van der Waals surface area contributed by atoms with Gasteiger partial charge in [0, 0.05) is 28.2 Å². The van der Waals surface area contributed by atoms with E-state index in [0.717, 1.165) is 35.0 Å². The summed E-state index contributed by atoms with van der Waals surface area (Å²) in [5, 5.41) is 0.997. The van der Waals surface area contributed by atoms with Crippen molar-refractivity contribution in [1.82, 2.24) is 9.65 Å². The molecule has 7 nitrogen and oxygen atoms in total. The number of carbonyl (C=O) groups excluding carboxylic acids is 1. The van der Waals surface area contributed by atoms with Gasteiger partial charge in [-0.15, -0.1) is 0 Å². The highest BCUT2D eigenvalue weighted by Crippen LogP contribution is 2.53. The maximum absolute atomic E-state index is 13.1. The number of aromatic nitrogens is 1. The number of likely N-dealkylation sites (N-methyl/N-ethyl adjacent to an activating group) is 1. The second kappa shape index (κ2) is 7.53. The Bertz CT molecular complexity index is 853. The van der Waals surface area contributed by atoms with E-state index < -0.39 is 13.7 Å². The molecule has 3 N–H and O–H groups in total. The number of benzene rings is 1. The molecular formula is C18H26N3O4P. The quantitative estimate of drug-likeness (QED) is 0.720. The monoisotopic (exact) mass is 379 g/mol. The van der Waals surface area contributed by atoms with Crippen molar-refractivity contribution >= 4 is 24.6 Å². The number of rotatable bonds is 7. The number of aromatic amines is 1. The predicted octanol–water partition coefficient (Wildman–Crippen LogP) is 3.24. The first kappa shape index (κ1) is 19.1. The van der Waals surface area contributed by atoms with Gasteiger partial charge in [0.05, 0.1) is 13.2 Å². The van der Waals surface area contributed by atoms with Crippen LogP contribution >= 0.6 is 7.75 Å². The standard InChI is InChI=1S/C18H26N3O4P/c1-4-24-26(23,25-5-2)21(3)13-7-9-17-15(11-13)14-10-12(18(19)22)6-8-16(14)20-17/h6,8,10,13,20H,4-5,7,9,11H2,1-3H3,(H2,19,22). The summed E-state index contributed by atoms with van der Waals surface area (Å²) < 4.78 is 25.8. The first-order valence-electron chi connectivity index (χ1n) is 8.95. The minimum Gasteiger partial charge on any atom is -0.366 e. The van der Waals surface area contributed by atoms with E-state index in [1.165, 1.54) is 0 Å². The minimum atomic E-state index is -3.31. The van der Waals surface area contributed by atoms with Crippen molar-refractivity contribution in [2.24, 2.45) is 5.73 Å². The number of carbonyl (C=O) groups is 1. The summed E-state index contributed by atoms with van der Waals surface area (Å²) >= 11 is 0. The van der Waals surface area contributed by atoms with Crippen molar-refractivity contribution in [3.05, 3.63) is 35.0 Å². The predicted molar refractivity (Wildman–Crippen MR) is 101 cm³/mol. The first-order valence-corrected chi connectivity index (χ1v) is 10.4. The van der Waals surface area contributed by atoms with Gasteiger partial charge in [0.1, 0.15) is 0 Å². The van der Waals surface area contributed by atoms with Crippen LogP contribution in [0.3, 0.4) is 0 Å². The van der Waals surface area contributed by atoms with Crippen molar-refractivity contribution in [3.63, 3.8) is 0 Å². The van der Waals surface area contributed by atoms with Gasteiger partial charge in [0.25, 0.3) is 0 Å². The van der Waals surface area contributed by atoms with Crippen molar-refractivity contribution in [2.75, 3.05) is 20.3 Å². The molecule has 1 aliphatic rings. The van der Waals surface area contributed by atoms with Gasteiger partial charge < -0.3 is 10.7 Å². The molecular weight excluding hydrogens is 353 g/mol. The van der Waals surface area contributed by atoms with E-state index in [1.807, 2.05) is 26.0 Å². The fourth-order valence-corrected chi connectivity index (χ4v) is 5.31. The van der Waals surface area contributed by atoms with Crippen LogP contribution in [-0.2, 0) is 26.5 Å². The number of H-pyrrole nitrogens is 1. The largest absolute Gasteiger partial charge is 0.408 e. The molecule has 1 unspecified atom stereocenters. The molecule has 3 rings (SSSR count). The van der Waals surface area contributed by atoms with Gasteiger partial charge in [0.2, 0.25) is 5.91 Å². The number of hydrogen-bond acceptors (Lipinski definition) is 4. The molecule has 0 fully saturated rings. The van der Waals surface area contributed by atoms with Crippen molar-refractivity contribution in [1.29, 1.82) is 0 Å². The van der Waals surface area contributed by atoms with E-state index in [-0.39, 0.29) is 6.04 Å². The molecule has 1 aromatic carbocycles. The van der Waals surface area contributed by atoms with Gasteiger partial charge >= 0.3 is 7.75 Å². The molecule has 0 radical (unpaired) electrons. The van der Waals surface area contributed by atoms with E-state index in [9.17, 15) is 9.36 Å². The Labute approximate surface area is 153 Å². The van der Waals surface area contributed by atoms with E-state index in [4.69, 9.17) is 14.8 Å². The molecule has 0 saturated carbocycles. The average Bonchev–Trinajstić information content (AvgIpc) is 2.98. The van der Waals surface area contributed by atoms with Crippen LogP contribution in [0, 0.1) is 0 Å². The van der Waals surface area contributed by atoms with Crippen LogP contribution in [0.15, 0.2) is 18.2 Å². The van der Waals surface area contributed by atoms with E-state index in [0.29, 0.717) is 25.2 Å². The SMILES string of the molecule is CCOP(=O)(OCC)N(C)C1CCc2[nH]c3ccc(C(N)=O)cc3c2C1. The molecule has 1 amide bonds. The summed E-state index contributed by atoms with van der Waals surface area (Å²) in [6.07, 6.45) is 2.39. The zero-order chi connectivity index (χ0) is 18.9. The van der Waals surface area contributed by atoms with Gasteiger partial charge in [-0.25, -0.2) is 9.24 Å². The molecule has 1 heterocycles. The Kier molecular flexibility index (Phi) is 5.53. The lowest BCUT2D eigenvalue weighted by atomic mass is 9.91. The highest BCUT2D eigenvalue weighted by Gasteiger charge is 2.37. The first-order chi connectivity index (χ1) is 12.4. The summed E-state index contributed by atoms with van der Waals surface area (Å²) in [5.41, 5.74) is 9.20. The Hall–Kier alpha value is -1.66. The van der Waals surface area contributed by atoms with Crippen LogP contribution in [-0.4, -0.2) is 41.9 Å². The second-order valence-electron chi connectivity index (χ2n) is 6.48. The minimum absolute atomic E-state index is 0.0302. The Morgan fingerprint density at radius 1 is 1.35 bits per heavy atom. The lowest BCUT2D eigenvalue weighted by molar-refractivity contribution is 0.100. The normalized spacial score (nSPS) is 17.6. The van der Waals surface area contributed by atoms with Crippen molar-refractivity contribution in [3.8, 4) is 0 Å². The number of nitrogens with two attached hydrogens (primary N) is 1. The third kappa shape index (κ3) is 3.45. The molecule has 1 aromatic heterocycles. The molecule has 1 aliphatic carbocycles. The Morgan fingerprint density at radius 2 is 2.04 bits per heavy atom. The topological polar surface area (TPSA) is 97.7 Å². The summed E-state index contributed by atoms with van der Waals surface area (Å²) in [5.74, 6) is -0.441. The fourth-order valence-electron chi connectivity index (χ4n) is 3.62. The summed E-state index contributed by atoms with van der Waals surface area (Å²) in [7, 11) is -1.51.